The molecule has 0 fully saturated rings. The van der Waals surface area contributed by atoms with Crippen molar-refractivity contribution >= 4 is 23.1 Å². The number of aliphatic imine (C=N–C) groups is 1. The summed E-state index contributed by atoms with van der Waals surface area (Å²) in [5.74, 6) is 0.604. The first-order valence-corrected chi connectivity index (χ1v) is 7.76. The molecule has 0 aliphatic carbocycles. The van der Waals surface area contributed by atoms with E-state index in [1.807, 2.05) is 55.5 Å². The summed E-state index contributed by atoms with van der Waals surface area (Å²) >= 11 is 0. The SMILES string of the molecule is CN=C1Nc2ccc(C)cc2N(C(=O)c2ccccc2)CC1=CN. The molecule has 5 heteroatoms. The van der Waals surface area contributed by atoms with E-state index in [-0.39, 0.29) is 5.91 Å². The van der Waals surface area contributed by atoms with Crippen LogP contribution in [0.1, 0.15) is 15.9 Å². The number of anilines is 2. The van der Waals surface area contributed by atoms with Crippen LogP contribution < -0.4 is 16.0 Å². The van der Waals surface area contributed by atoms with Crippen LogP contribution in [0.25, 0.3) is 0 Å². The van der Waals surface area contributed by atoms with Gasteiger partial charge in [0.25, 0.3) is 5.91 Å². The summed E-state index contributed by atoms with van der Waals surface area (Å²) in [6.07, 6.45) is 1.50. The van der Waals surface area contributed by atoms with Crippen LogP contribution in [0.15, 0.2) is 65.3 Å². The first kappa shape index (κ1) is 15.8. The number of carbonyl (C=O) groups is 1. The monoisotopic (exact) mass is 320 g/mol. The van der Waals surface area contributed by atoms with Crippen LogP contribution in [0, 0.1) is 6.92 Å². The molecule has 1 amide bonds. The lowest BCUT2D eigenvalue weighted by Crippen LogP contribution is -2.33. The number of carbonyl (C=O) groups excluding carboxylic acids is 1. The minimum Gasteiger partial charge on any atom is -0.404 e. The van der Waals surface area contributed by atoms with Crippen molar-refractivity contribution in [3.8, 4) is 0 Å². The highest BCUT2D eigenvalue weighted by Crippen LogP contribution is 2.32. The molecule has 122 valence electrons. The van der Waals surface area contributed by atoms with Gasteiger partial charge < -0.3 is 16.0 Å². The molecule has 0 atom stereocenters. The predicted molar refractivity (Wildman–Crippen MR) is 98.5 cm³/mol. The maximum Gasteiger partial charge on any atom is 0.258 e. The number of fused-ring (bicyclic) bond motifs is 1. The number of nitrogens with one attached hydrogen (secondary N) is 1. The largest absolute Gasteiger partial charge is 0.404 e. The van der Waals surface area contributed by atoms with Crippen molar-refractivity contribution in [1.82, 2.24) is 0 Å². The third-order valence-corrected chi connectivity index (χ3v) is 4.02. The second kappa shape index (κ2) is 6.58. The van der Waals surface area contributed by atoms with Crippen LogP contribution in [-0.2, 0) is 0 Å². The molecule has 3 N–H and O–H groups in total. The van der Waals surface area contributed by atoms with E-state index in [2.05, 4.69) is 10.3 Å². The second-order valence-electron chi connectivity index (χ2n) is 5.67. The number of hydrogen-bond donors (Lipinski definition) is 2. The average molecular weight is 320 g/mol. The molecule has 1 heterocycles. The summed E-state index contributed by atoms with van der Waals surface area (Å²) in [6.45, 7) is 2.37. The molecule has 5 nitrogen and oxygen atoms in total. The number of nitrogens with zero attached hydrogens (tertiary/aromatic N) is 2. The fourth-order valence-electron chi connectivity index (χ4n) is 2.76. The lowest BCUT2D eigenvalue weighted by molar-refractivity contribution is 0.0989. The van der Waals surface area contributed by atoms with E-state index in [4.69, 9.17) is 5.73 Å². The van der Waals surface area contributed by atoms with Gasteiger partial charge in [0, 0.05) is 24.4 Å². The molecular weight excluding hydrogens is 300 g/mol. The van der Waals surface area contributed by atoms with Gasteiger partial charge in [0.1, 0.15) is 5.84 Å². The number of aryl methyl sites for hydroxylation is 1. The molecule has 0 saturated carbocycles. The fourth-order valence-corrected chi connectivity index (χ4v) is 2.76. The zero-order valence-corrected chi connectivity index (χ0v) is 13.8. The van der Waals surface area contributed by atoms with Crippen molar-refractivity contribution < 1.29 is 4.79 Å². The van der Waals surface area contributed by atoms with Crippen molar-refractivity contribution in [3.63, 3.8) is 0 Å². The molecule has 0 radical (unpaired) electrons. The minimum absolute atomic E-state index is 0.0686. The predicted octanol–water partition coefficient (Wildman–Crippen LogP) is 2.94. The molecule has 0 unspecified atom stereocenters. The lowest BCUT2D eigenvalue weighted by Gasteiger charge is -2.23. The quantitative estimate of drug-likeness (QED) is 0.848. The molecule has 3 rings (SSSR count). The molecular formula is C19H20N4O. The third-order valence-electron chi connectivity index (χ3n) is 4.02. The Kier molecular flexibility index (Phi) is 4.33. The number of rotatable bonds is 1. The third kappa shape index (κ3) is 2.88. The van der Waals surface area contributed by atoms with E-state index in [1.54, 1.807) is 11.9 Å². The van der Waals surface area contributed by atoms with Crippen LogP contribution in [0.3, 0.4) is 0 Å². The molecule has 0 aromatic heterocycles. The first-order valence-electron chi connectivity index (χ1n) is 7.76. The zero-order chi connectivity index (χ0) is 17.1. The van der Waals surface area contributed by atoms with E-state index in [9.17, 15) is 4.79 Å². The van der Waals surface area contributed by atoms with Crippen LogP contribution in [0.2, 0.25) is 0 Å². The molecule has 0 saturated heterocycles. The van der Waals surface area contributed by atoms with Gasteiger partial charge in [0.15, 0.2) is 0 Å². The summed E-state index contributed by atoms with van der Waals surface area (Å²) in [6, 6.07) is 15.2. The molecule has 1 aliphatic heterocycles. The van der Waals surface area contributed by atoms with Gasteiger partial charge >= 0.3 is 0 Å². The standard InChI is InChI=1S/C19H20N4O/c1-13-8-9-16-17(10-13)23(12-15(11-20)18(21-2)22-16)19(24)14-6-4-3-5-7-14/h3-11H,12,20H2,1-2H3,(H,21,22). The number of benzene rings is 2. The van der Waals surface area contributed by atoms with E-state index in [1.165, 1.54) is 6.20 Å². The van der Waals surface area contributed by atoms with Crippen LogP contribution in [0.4, 0.5) is 11.4 Å². The van der Waals surface area contributed by atoms with Crippen LogP contribution in [0.5, 0.6) is 0 Å². The first-order chi connectivity index (χ1) is 11.6. The van der Waals surface area contributed by atoms with E-state index in [0.717, 1.165) is 22.5 Å². The summed E-state index contributed by atoms with van der Waals surface area (Å²) in [7, 11) is 1.70. The number of hydrogen-bond acceptors (Lipinski definition) is 3. The van der Waals surface area contributed by atoms with Gasteiger partial charge in [-0.15, -0.1) is 0 Å². The summed E-state index contributed by atoms with van der Waals surface area (Å²) < 4.78 is 0. The Bertz CT molecular complexity index is 825. The lowest BCUT2D eigenvalue weighted by atomic mass is 10.1. The summed E-state index contributed by atoms with van der Waals surface area (Å²) in [5, 5.41) is 3.28. The molecule has 0 spiro atoms. The Morgan fingerprint density at radius 2 is 2.00 bits per heavy atom. The van der Waals surface area contributed by atoms with Crippen molar-refractivity contribution in [3.05, 3.63) is 71.4 Å². The van der Waals surface area contributed by atoms with Crippen molar-refractivity contribution in [1.29, 1.82) is 0 Å². The molecule has 2 aromatic rings. The topological polar surface area (TPSA) is 70.7 Å². The van der Waals surface area contributed by atoms with Crippen LogP contribution >= 0.6 is 0 Å². The van der Waals surface area contributed by atoms with Gasteiger partial charge in [0.05, 0.1) is 17.9 Å². The maximum absolute atomic E-state index is 13.1. The normalized spacial score (nSPS) is 17.3. The van der Waals surface area contributed by atoms with E-state index < -0.39 is 0 Å². The summed E-state index contributed by atoms with van der Waals surface area (Å²) in [4.78, 5) is 19.1. The average Bonchev–Trinajstić information content (AvgIpc) is 2.78. The molecule has 1 aliphatic rings. The Balaban J connectivity index is 2.13. The Labute approximate surface area is 141 Å². The van der Waals surface area contributed by atoms with Crippen LogP contribution in [-0.4, -0.2) is 25.3 Å². The molecule has 0 bridgehead atoms. The maximum atomic E-state index is 13.1. The Morgan fingerprint density at radius 1 is 1.25 bits per heavy atom. The van der Waals surface area contributed by atoms with Gasteiger partial charge in [-0.25, -0.2) is 0 Å². The van der Waals surface area contributed by atoms with Crippen molar-refractivity contribution in [2.24, 2.45) is 10.7 Å². The molecule has 24 heavy (non-hydrogen) atoms. The van der Waals surface area contributed by atoms with Gasteiger partial charge in [0.2, 0.25) is 0 Å². The highest BCUT2D eigenvalue weighted by atomic mass is 16.2. The van der Waals surface area contributed by atoms with Gasteiger partial charge in [-0.1, -0.05) is 24.3 Å². The number of nitrogens with two attached hydrogens (primary N) is 1. The van der Waals surface area contributed by atoms with E-state index >= 15 is 0 Å². The van der Waals surface area contributed by atoms with Gasteiger partial charge in [-0.05, 0) is 36.8 Å². The number of amidine groups is 1. The smallest absolute Gasteiger partial charge is 0.258 e. The van der Waals surface area contributed by atoms with E-state index in [0.29, 0.717) is 17.9 Å². The Hall–Kier alpha value is -3.08. The highest BCUT2D eigenvalue weighted by Gasteiger charge is 2.26. The van der Waals surface area contributed by atoms with Gasteiger partial charge in [-0.3, -0.25) is 9.79 Å². The molecule has 2 aromatic carbocycles. The second-order valence-corrected chi connectivity index (χ2v) is 5.67. The Morgan fingerprint density at radius 3 is 2.67 bits per heavy atom. The van der Waals surface area contributed by atoms with Crippen molar-refractivity contribution in [2.45, 2.75) is 6.92 Å². The minimum atomic E-state index is -0.0686. The highest BCUT2D eigenvalue weighted by molar-refractivity contribution is 6.16. The summed E-state index contributed by atoms with van der Waals surface area (Å²) in [5.41, 5.74) is 9.93. The zero-order valence-electron chi connectivity index (χ0n) is 13.8. The van der Waals surface area contributed by atoms with Crippen molar-refractivity contribution in [2.75, 3.05) is 23.8 Å². The van der Waals surface area contributed by atoms with Gasteiger partial charge in [-0.2, -0.15) is 0 Å². The number of amides is 1. The fraction of sp³-hybridized carbons (Fsp3) is 0.158.